The third-order valence-corrected chi connectivity index (χ3v) is 5.58. The highest BCUT2D eigenvalue weighted by atomic mass is 35.5. The Hall–Kier alpha value is -2.50. The molecule has 0 bridgehead atoms. The number of benzene rings is 2. The standard InChI is InChI=1S/C24H27NO4.ClH/c1-3-28-24(27)22-21-18(15-25-13-7-8-16(2)14-25)19(26)11-12-20(21)29-23(22)17-9-5-4-6-10-17;/h4-6,9-12,16,26H,3,7-8,13-15H2,1-2H3;1H/p-1. The van der Waals surface area contributed by atoms with Crippen molar-refractivity contribution >= 4 is 16.9 Å². The summed E-state index contributed by atoms with van der Waals surface area (Å²) in [6.45, 7) is 6.86. The number of piperidine rings is 1. The Morgan fingerprint density at radius 1 is 1.23 bits per heavy atom. The Morgan fingerprint density at radius 3 is 2.70 bits per heavy atom. The number of carbonyl (C=O) groups is 1. The molecule has 2 aromatic carbocycles. The Labute approximate surface area is 183 Å². The van der Waals surface area contributed by atoms with Gasteiger partial charge in [0.15, 0.2) is 0 Å². The number of hydrogen-bond acceptors (Lipinski definition) is 5. The second kappa shape index (κ2) is 9.54. The summed E-state index contributed by atoms with van der Waals surface area (Å²) in [7, 11) is 0. The van der Waals surface area contributed by atoms with E-state index in [0.717, 1.165) is 30.6 Å². The molecule has 0 radical (unpaired) electrons. The first-order chi connectivity index (χ1) is 14.1. The largest absolute Gasteiger partial charge is 1.00 e. The smallest absolute Gasteiger partial charge is 0.342 e. The van der Waals surface area contributed by atoms with Crippen molar-refractivity contribution < 1.29 is 31.5 Å². The zero-order valence-electron chi connectivity index (χ0n) is 17.4. The van der Waals surface area contributed by atoms with E-state index in [1.54, 1.807) is 19.1 Å². The number of rotatable bonds is 5. The molecule has 1 atom stereocenters. The van der Waals surface area contributed by atoms with Gasteiger partial charge < -0.3 is 26.7 Å². The predicted molar refractivity (Wildman–Crippen MR) is 113 cm³/mol. The van der Waals surface area contributed by atoms with Gasteiger partial charge in [-0.1, -0.05) is 37.3 Å². The molecule has 1 unspecified atom stereocenters. The molecule has 1 aliphatic rings. The third kappa shape index (κ3) is 4.32. The molecule has 0 saturated carbocycles. The lowest BCUT2D eigenvalue weighted by Gasteiger charge is -2.31. The van der Waals surface area contributed by atoms with Crippen LogP contribution in [0.2, 0.25) is 0 Å². The van der Waals surface area contributed by atoms with Crippen LogP contribution in [0.15, 0.2) is 46.9 Å². The van der Waals surface area contributed by atoms with Crippen molar-refractivity contribution in [3.8, 4) is 17.1 Å². The van der Waals surface area contributed by atoms with Gasteiger partial charge in [0.1, 0.15) is 22.7 Å². The minimum atomic E-state index is -0.427. The van der Waals surface area contributed by atoms with Crippen LogP contribution in [0.3, 0.4) is 0 Å². The van der Waals surface area contributed by atoms with Gasteiger partial charge in [-0.05, 0) is 44.4 Å². The third-order valence-electron chi connectivity index (χ3n) is 5.58. The van der Waals surface area contributed by atoms with Gasteiger partial charge in [0, 0.05) is 29.6 Å². The van der Waals surface area contributed by atoms with Crippen LogP contribution in [0.25, 0.3) is 22.3 Å². The number of halogens is 1. The summed E-state index contributed by atoms with van der Waals surface area (Å²) < 4.78 is 11.5. The van der Waals surface area contributed by atoms with Crippen LogP contribution in [-0.4, -0.2) is 35.7 Å². The Kier molecular flexibility index (Phi) is 7.06. The highest BCUT2D eigenvalue weighted by Crippen LogP contribution is 2.39. The minimum absolute atomic E-state index is 0. The predicted octanol–water partition coefficient (Wildman–Crippen LogP) is 2.22. The van der Waals surface area contributed by atoms with Crippen molar-refractivity contribution in [2.45, 2.75) is 33.2 Å². The number of ether oxygens (including phenoxy) is 1. The lowest BCUT2D eigenvalue weighted by molar-refractivity contribution is -0.0000258. The lowest BCUT2D eigenvalue weighted by atomic mass is 9.97. The zero-order chi connectivity index (χ0) is 20.4. The van der Waals surface area contributed by atoms with Gasteiger partial charge in [0.2, 0.25) is 0 Å². The highest BCUT2D eigenvalue weighted by Gasteiger charge is 2.28. The molecular weight excluding hydrogens is 402 g/mol. The van der Waals surface area contributed by atoms with E-state index >= 15 is 0 Å². The first-order valence-electron chi connectivity index (χ1n) is 10.3. The van der Waals surface area contributed by atoms with Gasteiger partial charge in [-0.3, -0.25) is 4.90 Å². The van der Waals surface area contributed by atoms with Crippen molar-refractivity contribution in [3.63, 3.8) is 0 Å². The Bertz CT molecular complexity index is 1010. The van der Waals surface area contributed by atoms with E-state index < -0.39 is 5.97 Å². The van der Waals surface area contributed by atoms with Crippen LogP contribution in [0.4, 0.5) is 0 Å². The topological polar surface area (TPSA) is 62.9 Å². The van der Waals surface area contributed by atoms with E-state index in [9.17, 15) is 9.90 Å². The number of hydrogen-bond donors (Lipinski definition) is 1. The number of phenolic OH excluding ortho intramolecular Hbond substituents is 1. The molecule has 4 rings (SSSR count). The molecule has 1 N–H and O–H groups in total. The molecular formula is C24H27ClNO4-. The Morgan fingerprint density at radius 2 is 2.00 bits per heavy atom. The number of fused-ring (bicyclic) bond motifs is 1. The fourth-order valence-corrected chi connectivity index (χ4v) is 4.25. The lowest BCUT2D eigenvalue weighted by Crippen LogP contribution is -3.00. The van der Waals surface area contributed by atoms with E-state index in [4.69, 9.17) is 9.15 Å². The molecule has 2 heterocycles. The number of carbonyl (C=O) groups excluding carboxylic acids is 1. The van der Waals surface area contributed by atoms with E-state index in [2.05, 4.69) is 11.8 Å². The van der Waals surface area contributed by atoms with E-state index in [-0.39, 0.29) is 24.8 Å². The molecule has 6 heteroatoms. The number of aromatic hydroxyl groups is 1. The summed E-state index contributed by atoms with van der Waals surface area (Å²) in [5.74, 6) is 0.863. The van der Waals surface area contributed by atoms with E-state index in [1.807, 2.05) is 30.3 Å². The van der Waals surface area contributed by atoms with Crippen LogP contribution in [0.5, 0.6) is 5.75 Å². The molecule has 30 heavy (non-hydrogen) atoms. The number of nitrogens with zero attached hydrogens (tertiary/aromatic N) is 1. The van der Waals surface area contributed by atoms with Crippen LogP contribution in [0.1, 0.15) is 42.6 Å². The zero-order valence-corrected chi connectivity index (χ0v) is 18.1. The molecule has 0 amide bonds. The molecule has 5 nitrogen and oxygen atoms in total. The van der Waals surface area contributed by atoms with Gasteiger partial charge in [0.25, 0.3) is 0 Å². The Balaban J connectivity index is 0.00000256. The van der Waals surface area contributed by atoms with E-state index in [0.29, 0.717) is 34.8 Å². The van der Waals surface area contributed by atoms with Gasteiger partial charge in [-0.25, -0.2) is 4.79 Å². The maximum Gasteiger partial charge on any atom is 0.342 e. The molecule has 0 aliphatic carbocycles. The molecule has 160 valence electrons. The van der Waals surface area contributed by atoms with Gasteiger partial charge >= 0.3 is 5.97 Å². The maximum absolute atomic E-state index is 12.9. The van der Waals surface area contributed by atoms with Crippen molar-refractivity contribution in [1.29, 1.82) is 0 Å². The van der Waals surface area contributed by atoms with Crippen LogP contribution in [-0.2, 0) is 11.3 Å². The van der Waals surface area contributed by atoms with Gasteiger partial charge in [-0.15, -0.1) is 0 Å². The van der Waals surface area contributed by atoms with Crippen molar-refractivity contribution in [2.75, 3.05) is 19.7 Å². The summed E-state index contributed by atoms with van der Waals surface area (Å²) in [5.41, 5.74) is 2.52. The van der Waals surface area contributed by atoms with Crippen molar-refractivity contribution in [1.82, 2.24) is 4.90 Å². The number of phenols is 1. The monoisotopic (exact) mass is 428 g/mol. The average Bonchev–Trinajstić information content (AvgIpc) is 3.11. The van der Waals surface area contributed by atoms with Crippen LogP contribution in [0, 0.1) is 5.92 Å². The molecule has 0 spiro atoms. The average molecular weight is 429 g/mol. The minimum Gasteiger partial charge on any atom is -1.00 e. The molecule has 3 aromatic rings. The van der Waals surface area contributed by atoms with Gasteiger partial charge in [0.05, 0.1) is 6.61 Å². The number of furan rings is 1. The summed E-state index contributed by atoms with van der Waals surface area (Å²) in [6.07, 6.45) is 2.37. The molecule has 1 saturated heterocycles. The molecule has 1 aromatic heterocycles. The number of esters is 1. The first-order valence-corrected chi connectivity index (χ1v) is 10.3. The maximum atomic E-state index is 12.9. The normalized spacial score (nSPS) is 16.9. The van der Waals surface area contributed by atoms with Gasteiger partial charge in [-0.2, -0.15) is 0 Å². The quantitative estimate of drug-likeness (QED) is 0.631. The van der Waals surface area contributed by atoms with Crippen molar-refractivity contribution in [3.05, 3.63) is 53.6 Å². The van der Waals surface area contributed by atoms with Crippen LogP contribution >= 0.6 is 0 Å². The fourth-order valence-electron chi connectivity index (χ4n) is 4.25. The summed E-state index contributed by atoms with van der Waals surface area (Å²) in [6, 6.07) is 12.9. The second-order valence-corrected chi connectivity index (χ2v) is 7.81. The highest BCUT2D eigenvalue weighted by molar-refractivity contribution is 6.10. The van der Waals surface area contributed by atoms with E-state index in [1.165, 1.54) is 6.42 Å². The fraction of sp³-hybridized carbons (Fsp3) is 0.375. The van der Waals surface area contributed by atoms with Crippen LogP contribution < -0.4 is 12.4 Å². The molecule has 1 fully saturated rings. The summed E-state index contributed by atoms with van der Waals surface area (Å²) in [5, 5.41) is 11.4. The number of likely N-dealkylation sites (tertiary alicyclic amines) is 1. The summed E-state index contributed by atoms with van der Waals surface area (Å²) in [4.78, 5) is 15.3. The summed E-state index contributed by atoms with van der Waals surface area (Å²) >= 11 is 0. The second-order valence-electron chi connectivity index (χ2n) is 7.81. The van der Waals surface area contributed by atoms with Crippen molar-refractivity contribution in [2.24, 2.45) is 5.92 Å². The SMILES string of the molecule is CCOC(=O)c1c(-c2ccccc2)oc2ccc(O)c(CN3CCCC(C)C3)c12.[Cl-]. The molecule has 1 aliphatic heterocycles. The first kappa shape index (κ1) is 22.2.